The predicted octanol–water partition coefficient (Wildman–Crippen LogP) is 2.14. The summed E-state index contributed by atoms with van der Waals surface area (Å²) in [5.74, 6) is 7.86. The van der Waals surface area contributed by atoms with Gasteiger partial charge in [-0.15, -0.1) is 12.3 Å². The fourth-order valence-corrected chi connectivity index (χ4v) is 1.65. The summed E-state index contributed by atoms with van der Waals surface area (Å²) < 4.78 is 18.4. The Morgan fingerprint density at radius 2 is 2.35 bits per heavy atom. The van der Waals surface area contributed by atoms with Crippen LogP contribution < -0.4 is 16.0 Å². The normalized spacial score (nSPS) is 11.9. The number of benzene rings is 1. The molecular formula is C13H17FN2O. The maximum Gasteiger partial charge on any atom is 0.165 e. The first-order valence-electron chi connectivity index (χ1n) is 5.46. The Balaban J connectivity index is 2.75. The Morgan fingerprint density at radius 3 is 2.88 bits per heavy atom. The Hall–Kier alpha value is -1.57. The van der Waals surface area contributed by atoms with Crippen molar-refractivity contribution in [2.24, 2.45) is 5.84 Å². The molecule has 0 saturated heterocycles. The van der Waals surface area contributed by atoms with E-state index in [0.717, 1.165) is 18.4 Å². The van der Waals surface area contributed by atoms with E-state index in [9.17, 15) is 4.39 Å². The monoisotopic (exact) mass is 236 g/mol. The number of methoxy groups -OCH3 is 1. The van der Waals surface area contributed by atoms with E-state index in [4.69, 9.17) is 17.0 Å². The van der Waals surface area contributed by atoms with E-state index in [0.29, 0.717) is 6.42 Å². The Labute approximate surface area is 101 Å². The topological polar surface area (TPSA) is 47.3 Å². The number of halogens is 1. The first-order chi connectivity index (χ1) is 8.22. The summed E-state index contributed by atoms with van der Waals surface area (Å²) in [6.07, 6.45) is 7.49. The van der Waals surface area contributed by atoms with E-state index in [1.165, 1.54) is 13.2 Å². The van der Waals surface area contributed by atoms with E-state index < -0.39 is 0 Å². The lowest BCUT2D eigenvalue weighted by molar-refractivity contribution is 0.385. The van der Waals surface area contributed by atoms with Crippen molar-refractivity contribution in [3.05, 3.63) is 29.6 Å². The second-order valence-electron chi connectivity index (χ2n) is 3.71. The molecule has 0 spiro atoms. The minimum atomic E-state index is -0.387. The number of ether oxygens (including phenoxy) is 1. The molecule has 0 fully saturated rings. The van der Waals surface area contributed by atoms with Crippen molar-refractivity contribution < 1.29 is 9.13 Å². The predicted molar refractivity (Wildman–Crippen MR) is 65.7 cm³/mol. The molecule has 3 nitrogen and oxygen atoms in total. The van der Waals surface area contributed by atoms with Gasteiger partial charge in [0.1, 0.15) is 0 Å². The van der Waals surface area contributed by atoms with Crippen molar-refractivity contribution in [3.8, 4) is 18.1 Å². The van der Waals surface area contributed by atoms with Gasteiger partial charge in [0.25, 0.3) is 0 Å². The molecule has 1 rings (SSSR count). The first-order valence-corrected chi connectivity index (χ1v) is 5.46. The summed E-state index contributed by atoms with van der Waals surface area (Å²) in [6.45, 7) is 0. The molecule has 0 aliphatic carbocycles. The average Bonchev–Trinajstić information content (AvgIpc) is 2.35. The maximum absolute atomic E-state index is 13.5. The van der Waals surface area contributed by atoms with Gasteiger partial charge in [0.15, 0.2) is 11.6 Å². The van der Waals surface area contributed by atoms with E-state index in [2.05, 4.69) is 11.3 Å². The van der Waals surface area contributed by atoms with Gasteiger partial charge in [0.2, 0.25) is 0 Å². The number of rotatable bonds is 6. The van der Waals surface area contributed by atoms with Crippen molar-refractivity contribution in [3.63, 3.8) is 0 Å². The number of unbranched alkanes of at least 4 members (excludes halogenated alkanes) is 1. The molecule has 3 N–H and O–H groups in total. The Morgan fingerprint density at radius 1 is 1.59 bits per heavy atom. The molecule has 17 heavy (non-hydrogen) atoms. The van der Waals surface area contributed by atoms with Crippen LogP contribution in [0, 0.1) is 18.2 Å². The third kappa shape index (κ3) is 3.74. The lowest BCUT2D eigenvalue weighted by Crippen LogP contribution is -2.28. The molecule has 92 valence electrons. The summed E-state index contributed by atoms with van der Waals surface area (Å²) in [7, 11) is 1.43. The average molecular weight is 236 g/mol. The van der Waals surface area contributed by atoms with Crippen LogP contribution in [-0.4, -0.2) is 7.11 Å². The fourth-order valence-electron chi connectivity index (χ4n) is 1.65. The summed E-state index contributed by atoms with van der Waals surface area (Å²) in [6, 6.07) is 4.72. The van der Waals surface area contributed by atoms with Crippen molar-refractivity contribution in [1.82, 2.24) is 5.43 Å². The third-order valence-electron chi connectivity index (χ3n) is 2.59. The number of nitrogens with one attached hydrogen (secondary N) is 1. The molecule has 0 aromatic heterocycles. The van der Waals surface area contributed by atoms with Crippen LogP contribution in [0.2, 0.25) is 0 Å². The lowest BCUT2D eigenvalue weighted by atomic mass is 10.0. The van der Waals surface area contributed by atoms with Gasteiger partial charge in [-0.2, -0.15) is 0 Å². The zero-order chi connectivity index (χ0) is 12.7. The van der Waals surface area contributed by atoms with Crippen LogP contribution in [0.25, 0.3) is 0 Å². The van der Waals surface area contributed by atoms with E-state index >= 15 is 0 Å². The largest absolute Gasteiger partial charge is 0.494 e. The van der Waals surface area contributed by atoms with Gasteiger partial charge in [-0.25, -0.2) is 4.39 Å². The highest BCUT2D eigenvalue weighted by atomic mass is 19.1. The van der Waals surface area contributed by atoms with Gasteiger partial charge in [0, 0.05) is 12.5 Å². The highest BCUT2D eigenvalue weighted by Gasteiger charge is 2.12. The van der Waals surface area contributed by atoms with Gasteiger partial charge >= 0.3 is 0 Å². The van der Waals surface area contributed by atoms with Crippen LogP contribution in [-0.2, 0) is 0 Å². The molecule has 0 saturated carbocycles. The molecule has 0 bridgehead atoms. The smallest absolute Gasteiger partial charge is 0.165 e. The minimum absolute atomic E-state index is 0.0937. The number of hydrogen-bond acceptors (Lipinski definition) is 3. The number of terminal acetylenes is 1. The van der Waals surface area contributed by atoms with Crippen LogP contribution in [0.4, 0.5) is 4.39 Å². The molecule has 0 amide bonds. The highest BCUT2D eigenvalue weighted by Crippen LogP contribution is 2.24. The SMILES string of the molecule is C#CCCCC(NN)c1ccc(OC)c(F)c1. The van der Waals surface area contributed by atoms with Gasteiger partial charge < -0.3 is 4.74 Å². The molecule has 1 aromatic carbocycles. The molecule has 4 heteroatoms. The number of nitrogens with two attached hydrogens (primary N) is 1. The van der Waals surface area contributed by atoms with Crippen molar-refractivity contribution in [1.29, 1.82) is 0 Å². The molecule has 0 radical (unpaired) electrons. The summed E-state index contributed by atoms with van der Waals surface area (Å²) in [4.78, 5) is 0. The quantitative estimate of drug-likeness (QED) is 0.344. The number of hydrazine groups is 1. The highest BCUT2D eigenvalue weighted by molar-refractivity contribution is 5.31. The zero-order valence-corrected chi connectivity index (χ0v) is 9.87. The van der Waals surface area contributed by atoms with Crippen molar-refractivity contribution >= 4 is 0 Å². The Bertz CT molecular complexity index is 401. The molecule has 1 aromatic rings. The minimum Gasteiger partial charge on any atom is -0.494 e. The van der Waals surface area contributed by atoms with Crippen LogP contribution >= 0.6 is 0 Å². The first kappa shape index (κ1) is 13.5. The van der Waals surface area contributed by atoms with E-state index in [1.807, 2.05) is 0 Å². The van der Waals surface area contributed by atoms with Crippen LogP contribution in [0.3, 0.4) is 0 Å². The van der Waals surface area contributed by atoms with Gasteiger partial charge in [-0.3, -0.25) is 11.3 Å². The van der Waals surface area contributed by atoms with Gasteiger partial charge in [-0.1, -0.05) is 6.07 Å². The third-order valence-corrected chi connectivity index (χ3v) is 2.59. The molecule has 0 heterocycles. The lowest BCUT2D eigenvalue weighted by Gasteiger charge is -2.16. The maximum atomic E-state index is 13.5. The van der Waals surface area contributed by atoms with Crippen LogP contribution in [0.5, 0.6) is 5.75 Å². The van der Waals surface area contributed by atoms with Crippen molar-refractivity contribution in [2.45, 2.75) is 25.3 Å². The standard InChI is InChI=1S/C13H17FN2O/c1-3-4-5-6-12(16-15)10-7-8-13(17-2)11(14)9-10/h1,7-9,12,16H,4-6,15H2,2H3. The second kappa shape index (κ2) is 6.89. The number of hydrogen-bond donors (Lipinski definition) is 2. The van der Waals surface area contributed by atoms with Crippen molar-refractivity contribution in [2.75, 3.05) is 7.11 Å². The molecule has 1 atom stereocenters. The molecule has 0 aliphatic rings. The molecule has 0 aliphatic heterocycles. The molecular weight excluding hydrogens is 219 g/mol. The van der Waals surface area contributed by atoms with E-state index in [1.54, 1.807) is 12.1 Å². The zero-order valence-electron chi connectivity index (χ0n) is 9.87. The Kier molecular flexibility index (Phi) is 5.47. The van der Waals surface area contributed by atoms with E-state index in [-0.39, 0.29) is 17.6 Å². The van der Waals surface area contributed by atoms with Gasteiger partial charge in [0.05, 0.1) is 7.11 Å². The summed E-state index contributed by atoms with van der Waals surface area (Å²) in [5, 5.41) is 0. The fraction of sp³-hybridized carbons (Fsp3) is 0.385. The second-order valence-corrected chi connectivity index (χ2v) is 3.71. The van der Waals surface area contributed by atoms with Crippen LogP contribution in [0.15, 0.2) is 18.2 Å². The van der Waals surface area contributed by atoms with Crippen LogP contribution in [0.1, 0.15) is 30.9 Å². The summed E-state index contributed by atoms with van der Waals surface area (Å²) in [5.41, 5.74) is 3.46. The van der Waals surface area contributed by atoms with Gasteiger partial charge in [-0.05, 0) is 30.5 Å². The summed E-state index contributed by atoms with van der Waals surface area (Å²) >= 11 is 0. The molecule has 1 unspecified atom stereocenters.